The van der Waals surface area contributed by atoms with Gasteiger partial charge >= 0.3 is 0 Å². The number of nitriles is 1. The third-order valence-electron chi connectivity index (χ3n) is 5.24. The van der Waals surface area contributed by atoms with Crippen LogP contribution in [0, 0.1) is 22.7 Å². The summed E-state index contributed by atoms with van der Waals surface area (Å²) in [7, 11) is 0. The van der Waals surface area contributed by atoms with Crippen molar-refractivity contribution < 1.29 is 13.6 Å². The summed E-state index contributed by atoms with van der Waals surface area (Å²) in [5.74, 6) is -0.937. The molecular formula is C21H24FN7O2. The van der Waals surface area contributed by atoms with Crippen LogP contribution in [0.15, 0.2) is 52.9 Å². The number of nitrogens with two attached hydrogens (primary N) is 1. The SMILES string of the molecule is N#CCC1(N/C=C(\C(=N)Nc2ccnc(F)c2)C(N)=O)CCN(Cc2ccco2)CC1. The summed E-state index contributed by atoms with van der Waals surface area (Å²) < 4.78 is 18.7. The number of amidine groups is 1. The Labute approximate surface area is 179 Å². The average molecular weight is 425 g/mol. The van der Waals surface area contributed by atoms with Gasteiger partial charge in [0.15, 0.2) is 0 Å². The number of pyridine rings is 1. The predicted octanol–water partition coefficient (Wildman–Crippen LogP) is 2.11. The Bertz CT molecular complexity index is 989. The smallest absolute Gasteiger partial charge is 0.253 e. The summed E-state index contributed by atoms with van der Waals surface area (Å²) in [6.45, 7) is 2.16. The Morgan fingerprint density at radius 2 is 2.23 bits per heavy atom. The first-order chi connectivity index (χ1) is 14.9. The van der Waals surface area contributed by atoms with E-state index in [-0.39, 0.29) is 23.5 Å². The van der Waals surface area contributed by atoms with Crippen molar-refractivity contribution in [3.05, 3.63) is 60.2 Å². The van der Waals surface area contributed by atoms with Crippen molar-refractivity contribution in [2.45, 2.75) is 31.3 Å². The number of aromatic nitrogens is 1. The molecule has 0 aliphatic carbocycles. The first-order valence-electron chi connectivity index (χ1n) is 9.78. The molecule has 5 N–H and O–H groups in total. The molecule has 2 aromatic rings. The van der Waals surface area contributed by atoms with E-state index < -0.39 is 17.4 Å². The third kappa shape index (κ3) is 5.90. The molecule has 0 aromatic carbocycles. The van der Waals surface area contributed by atoms with Crippen LogP contribution in [0.25, 0.3) is 0 Å². The van der Waals surface area contributed by atoms with Crippen LogP contribution >= 0.6 is 0 Å². The second kappa shape index (κ2) is 9.86. The van der Waals surface area contributed by atoms with Crippen molar-refractivity contribution in [2.24, 2.45) is 5.73 Å². The fraction of sp³-hybridized carbons (Fsp3) is 0.333. The zero-order valence-corrected chi connectivity index (χ0v) is 16.9. The van der Waals surface area contributed by atoms with Crippen molar-refractivity contribution in [3.8, 4) is 6.07 Å². The Morgan fingerprint density at radius 3 is 2.84 bits per heavy atom. The largest absolute Gasteiger partial charge is 0.468 e. The lowest BCUT2D eigenvalue weighted by Crippen LogP contribution is -2.51. The van der Waals surface area contributed by atoms with Crippen LogP contribution in [0.4, 0.5) is 10.1 Å². The number of hydrogen-bond donors (Lipinski definition) is 4. The lowest BCUT2D eigenvalue weighted by molar-refractivity contribution is -0.114. The van der Waals surface area contributed by atoms with E-state index in [9.17, 15) is 14.4 Å². The van der Waals surface area contributed by atoms with Gasteiger partial charge in [-0.25, -0.2) is 4.98 Å². The number of hydrogen-bond acceptors (Lipinski definition) is 7. The van der Waals surface area contributed by atoms with E-state index in [0.29, 0.717) is 19.4 Å². The molecule has 3 rings (SSSR count). The van der Waals surface area contributed by atoms with Crippen molar-refractivity contribution >= 4 is 17.4 Å². The highest BCUT2D eigenvalue weighted by molar-refractivity contribution is 6.23. The number of nitrogens with one attached hydrogen (secondary N) is 3. The summed E-state index contributed by atoms with van der Waals surface area (Å²) >= 11 is 0. The lowest BCUT2D eigenvalue weighted by Gasteiger charge is -2.40. The standard InChI is InChI=1S/C21H24FN7O2/c22-18-12-15(3-8-26-18)28-19(24)17(20(25)30)13-27-21(4-7-23)5-9-29(10-6-21)14-16-2-1-11-31-16/h1-3,8,11-13,27H,4-6,9-10,14H2,(H2,25,30)(H2,24,26,28)/b17-13+. The van der Waals surface area contributed by atoms with Crippen LogP contribution in [0.2, 0.25) is 0 Å². The molecule has 31 heavy (non-hydrogen) atoms. The van der Waals surface area contributed by atoms with E-state index in [0.717, 1.165) is 24.9 Å². The fourth-order valence-electron chi connectivity index (χ4n) is 3.47. The molecule has 0 bridgehead atoms. The molecule has 0 atom stereocenters. The molecule has 1 aliphatic heterocycles. The van der Waals surface area contributed by atoms with E-state index in [1.807, 2.05) is 12.1 Å². The van der Waals surface area contributed by atoms with Gasteiger partial charge in [0.1, 0.15) is 11.6 Å². The number of anilines is 1. The van der Waals surface area contributed by atoms with E-state index in [1.54, 1.807) is 6.26 Å². The predicted molar refractivity (Wildman–Crippen MR) is 112 cm³/mol. The van der Waals surface area contributed by atoms with Gasteiger partial charge in [-0.3, -0.25) is 15.1 Å². The second-order valence-electron chi connectivity index (χ2n) is 7.40. The molecular weight excluding hydrogens is 401 g/mol. The summed E-state index contributed by atoms with van der Waals surface area (Å²) in [4.78, 5) is 17.6. The quantitative estimate of drug-likeness (QED) is 0.219. The summed E-state index contributed by atoms with van der Waals surface area (Å²) in [6, 6.07) is 8.54. The highest BCUT2D eigenvalue weighted by Crippen LogP contribution is 2.27. The van der Waals surface area contributed by atoms with Crippen LogP contribution in [0.5, 0.6) is 0 Å². The van der Waals surface area contributed by atoms with Gasteiger partial charge in [0.05, 0.1) is 36.4 Å². The highest BCUT2D eigenvalue weighted by atomic mass is 19.1. The molecule has 0 radical (unpaired) electrons. The average Bonchev–Trinajstić information content (AvgIpc) is 3.23. The van der Waals surface area contributed by atoms with Gasteiger partial charge in [0, 0.05) is 37.2 Å². The van der Waals surface area contributed by atoms with Gasteiger partial charge in [-0.05, 0) is 31.0 Å². The van der Waals surface area contributed by atoms with Crippen LogP contribution in [-0.2, 0) is 11.3 Å². The normalized spacial score (nSPS) is 16.3. The number of nitrogens with zero attached hydrogens (tertiary/aromatic N) is 3. The first kappa shape index (κ1) is 22.0. The van der Waals surface area contributed by atoms with E-state index in [2.05, 4.69) is 26.6 Å². The van der Waals surface area contributed by atoms with E-state index in [1.165, 1.54) is 18.5 Å². The number of carbonyl (C=O) groups is 1. The molecule has 3 heterocycles. The molecule has 0 saturated carbocycles. The minimum Gasteiger partial charge on any atom is -0.468 e. The number of rotatable bonds is 8. The zero-order chi connectivity index (χ0) is 22.3. The monoisotopic (exact) mass is 425 g/mol. The summed E-state index contributed by atoms with van der Waals surface area (Å²) in [5.41, 5.74) is 5.07. The van der Waals surface area contributed by atoms with E-state index >= 15 is 0 Å². The number of piperidine rings is 1. The van der Waals surface area contributed by atoms with Gasteiger partial charge in [-0.15, -0.1) is 0 Å². The molecule has 1 saturated heterocycles. The molecule has 1 fully saturated rings. The van der Waals surface area contributed by atoms with Crippen molar-refractivity contribution in [1.29, 1.82) is 10.7 Å². The van der Waals surface area contributed by atoms with Crippen LogP contribution in [-0.4, -0.2) is 40.3 Å². The minimum atomic E-state index is -0.818. The van der Waals surface area contributed by atoms with Gasteiger partial charge in [-0.1, -0.05) is 0 Å². The Balaban J connectivity index is 1.67. The van der Waals surface area contributed by atoms with Crippen LogP contribution in [0.3, 0.4) is 0 Å². The number of furan rings is 1. The number of primary amides is 1. The molecule has 10 heteroatoms. The molecule has 0 unspecified atom stereocenters. The Kier molecular flexibility index (Phi) is 6.99. The maximum Gasteiger partial charge on any atom is 0.253 e. The number of halogens is 1. The minimum absolute atomic E-state index is 0.104. The molecule has 1 aliphatic rings. The molecule has 1 amide bonds. The van der Waals surface area contributed by atoms with Crippen molar-refractivity contribution in [3.63, 3.8) is 0 Å². The molecule has 0 spiro atoms. The zero-order valence-electron chi connectivity index (χ0n) is 16.9. The number of carbonyl (C=O) groups excluding carboxylic acids is 1. The molecule has 162 valence electrons. The maximum absolute atomic E-state index is 13.3. The number of amides is 1. The third-order valence-corrected chi connectivity index (χ3v) is 5.24. The number of likely N-dealkylation sites (tertiary alicyclic amines) is 1. The highest BCUT2D eigenvalue weighted by Gasteiger charge is 2.34. The van der Waals surface area contributed by atoms with Gasteiger partial charge in [0.25, 0.3) is 5.91 Å². The fourth-order valence-corrected chi connectivity index (χ4v) is 3.47. The molecule has 9 nitrogen and oxygen atoms in total. The van der Waals surface area contributed by atoms with Crippen LogP contribution in [0.1, 0.15) is 25.0 Å². The maximum atomic E-state index is 13.3. The summed E-state index contributed by atoms with van der Waals surface area (Å²) in [6.07, 6.45) is 5.82. The van der Waals surface area contributed by atoms with Gasteiger partial charge in [0.2, 0.25) is 5.95 Å². The van der Waals surface area contributed by atoms with Crippen molar-refractivity contribution in [2.75, 3.05) is 18.4 Å². The topological polar surface area (TPSA) is 144 Å². The van der Waals surface area contributed by atoms with Gasteiger partial charge in [-0.2, -0.15) is 9.65 Å². The summed E-state index contributed by atoms with van der Waals surface area (Å²) in [5, 5.41) is 23.3. The molecule has 2 aromatic heterocycles. The van der Waals surface area contributed by atoms with Gasteiger partial charge < -0.3 is 20.8 Å². The Hall–Kier alpha value is -3.71. The second-order valence-corrected chi connectivity index (χ2v) is 7.40. The van der Waals surface area contributed by atoms with Crippen molar-refractivity contribution in [1.82, 2.24) is 15.2 Å². The lowest BCUT2D eigenvalue weighted by atomic mass is 9.84. The Morgan fingerprint density at radius 1 is 1.45 bits per heavy atom. The van der Waals surface area contributed by atoms with Crippen LogP contribution < -0.4 is 16.4 Å². The first-order valence-corrected chi connectivity index (χ1v) is 9.78. The van der Waals surface area contributed by atoms with E-state index in [4.69, 9.17) is 15.6 Å².